The van der Waals surface area contributed by atoms with Gasteiger partial charge in [0.05, 0.1) is 6.04 Å². The summed E-state index contributed by atoms with van der Waals surface area (Å²) in [6.07, 6.45) is -4.55. The zero-order valence-electron chi connectivity index (χ0n) is 12.6. The van der Waals surface area contributed by atoms with Crippen molar-refractivity contribution in [3.63, 3.8) is 0 Å². The maximum atomic E-state index is 12.6. The highest BCUT2D eigenvalue weighted by Gasteiger charge is 2.39. The Kier molecular flexibility index (Phi) is 4.86. The molecule has 23 heavy (non-hydrogen) atoms. The molecule has 126 valence electrons. The van der Waals surface area contributed by atoms with Gasteiger partial charge >= 0.3 is 12.3 Å². The van der Waals surface area contributed by atoms with E-state index in [-0.39, 0.29) is 37.2 Å². The van der Waals surface area contributed by atoms with Gasteiger partial charge < -0.3 is 4.74 Å². The van der Waals surface area contributed by atoms with E-state index in [1.807, 2.05) is 13.8 Å². The van der Waals surface area contributed by atoms with Gasteiger partial charge in [-0.2, -0.15) is 13.2 Å². The Hall–Kier alpha value is -2.19. The molecule has 1 saturated heterocycles. The molecule has 0 spiro atoms. The van der Waals surface area contributed by atoms with Crippen LogP contribution < -0.4 is 0 Å². The zero-order chi connectivity index (χ0) is 17.2. The van der Waals surface area contributed by atoms with Crippen molar-refractivity contribution in [2.45, 2.75) is 38.9 Å². The summed E-state index contributed by atoms with van der Waals surface area (Å²) in [7, 11) is 0. The van der Waals surface area contributed by atoms with Crippen LogP contribution in [0.5, 0.6) is 0 Å². The minimum absolute atomic E-state index is 0.0233. The van der Waals surface area contributed by atoms with Crippen molar-refractivity contribution < 1.29 is 27.5 Å². The van der Waals surface area contributed by atoms with Crippen LogP contribution in [0.1, 0.15) is 31.8 Å². The lowest BCUT2D eigenvalue weighted by Gasteiger charge is -2.22. The summed E-state index contributed by atoms with van der Waals surface area (Å²) < 4.78 is 42.6. The number of carbonyl (C=O) groups is 2. The number of amides is 2. The van der Waals surface area contributed by atoms with Gasteiger partial charge in [0.25, 0.3) is 0 Å². The highest BCUT2D eigenvalue weighted by Crippen LogP contribution is 2.27. The summed E-state index contributed by atoms with van der Waals surface area (Å²) in [4.78, 5) is 31.9. The number of rotatable bonds is 4. The van der Waals surface area contributed by atoms with Crippen LogP contribution >= 0.6 is 0 Å². The first kappa shape index (κ1) is 17.2. The predicted octanol–water partition coefficient (Wildman–Crippen LogP) is 2.43. The Labute approximate surface area is 130 Å². The normalized spacial score (nSPS) is 18.4. The number of ether oxygens (including phenoxy) is 1. The number of hydrogen-bond acceptors (Lipinski definition) is 5. The Morgan fingerprint density at radius 3 is 2.78 bits per heavy atom. The molecule has 2 rings (SSSR count). The molecule has 0 N–H and O–H groups in total. The molecule has 1 aromatic rings. The second-order valence-electron chi connectivity index (χ2n) is 5.51. The third-order valence-corrected chi connectivity index (χ3v) is 3.50. The molecule has 0 radical (unpaired) electrons. The topological polar surface area (TPSA) is 72.4 Å². The zero-order valence-corrected chi connectivity index (χ0v) is 12.6. The van der Waals surface area contributed by atoms with Crippen LogP contribution in [0.4, 0.5) is 18.0 Å². The fourth-order valence-corrected chi connectivity index (χ4v) is 2.23. The molecule has 1 aromatic heterocycles. The first-order chi connectivity index (χ1) is 10.7. The van der Waals surface area contributed by atoms with Crippen molar-refractivity contribution >= 4 is 12.0 Å². The maximum absolute atomic E-state index is 12.6. The molecule has 0 aliphatic carbocycles. The highest BCUT2D eigenvalue weighted by molar-refractivity contribution is 5.93. The van der Waals surface area contributed by atoms with E-state index in [1.54, 1.807) is 0 Å². The minimum atomic E-state index is -4.57. The molecule has 9 heteroatoms. The summed E-state index contributed by atoms with van der Waals surface area (Å²) >= 11 is 0. The smallest absolute Gasteiger partial charge is 0.433 e. The lowest BCUT2D eigenvalue weighted by atomic mass is 10.0. The van der Waals surface area contributed by atoms with Crippen molar-refractivity contribution in [3.8, 4) is 0 Å². The van der Waals surface area contributed by atoms with E-state index in [0.717, 1.165) is 17.2 Å². The molecule has 2 heterocycles. The van der Waals surface area contributed by atoms with Crippen molar-refractivity contribution in [2.75, 3.05) is 6.61 Å². The van der Waals surface area contributed by atoms with Gasteiger partial charge in [0.15, 0.2) is 0 Å². The molecular weight excluding hydrogens is 315 g/mol. The Balaban J connectivity index is 2.03. The van der Waals surface area contributed by atoms with Crippen LogP contribution in [0.25, 0.3) is 0 Å². The van der Waals surface area contributed by atoms with Gasteiger partial charge in [-0.05, 0) is 12.0 Å². The van der Waals surface area contributed by atoms with Gasteiger partial charge in [0.2, 0.25) is 5.91 Å². The van der Waals surface area contributed by atoms with Crippen LogP contribution in [0, 0.1) is 5.92 Å². The lowest BCUT2D eigenvalue weighted by molar-refractivity contribution is -0.141. The van der Waals surface area contributed by atoms with Gasteiger partial charge in [-0.25, -0.2) is 19.7 Å². The minimum Gasteiger partial charge on any atom is -0.447 e. The average Bonchev–Trinajstić information content (AvgIpc) is 2.86. The Morgan fingerprint density at radius 1 is 1.48 bits per heavy atom. The molecule has 1 atom stereocenters. The first-order valence-electron chi connectivity index (χ1n) is 7.08. The molecule has 0 saturated carbocycles. The second-order valence-corrected chi connectivity index (χ2v) is 5.51. The summed E-state index contributed by atoms with van der Waals surface area (Å²) in [5, 5.41) is 0. The SMILES string of the molecule is CC(C)[C@@H]1COC(=O)N1C(=O)CCc1nccc(C(F)(F)F)n1. The van der Waals surface area contributed by atoms with Crippen LogP contribution in [-0.4, -0.2) is 39.5 Å². The average molecular weight is 331 g/mol. The predicted molar refractivity (Wildman–Crippen MR) is 72.2 cm³/mol. The van der Waals surface area contributed by atoms with E-state index in [0.29, 0.717) is 0 Å². The Morgan fingerprint density at radius 2 is 2.17 bits per heavy atom. The molecule has 0 unspecified atom stereocenters. The number of aryl methyl sites for hydroxylation is 1. The second kappa shape index (κ2) is 6.51. The van der Waals surface area contributed by atoms with E-state index in [4.69, 9.17) is 4.74 Å². The summed E-state index contributed by atoms with van der Waals surface area (Å²) in [5.41, 5.74) is -1.06. The van der Waals surface area contributed by atoms with Gasteiger partial charge in [-0.1, -0.05) is 13.8 Å². The van der Waals surface area contributed by atoms with Crippen LogP contribution in [0.3, 0.4) is 0 Å². The fourth-order valence-electron chi connectivity index (χ4n) is 2.23. The van der Waals surface area contributed by atoms with Crippen molar-refractivity contribution in [1.82, 2.24) is 14.9 Å². The molecule has 1 aliphatic rings. The number of carbonyl (C=O) groups excluding carboxylic acids is 2. The number of nitrogens with zero attached hydrogens (tertiary/aromatic N) is 3. The molecule has 0 aromatic carbocycles. The summed E-state index contributed by atoms with van der Waals surface area (Å²) in [6, 6.07) is 0.398. The third kappa shape index (κ3) is 3.96. The number of cyclic esters (lactones) is 1. The van der Waals surface area contributed by atoms with Crippen LogP contribution in [-0.2, 0) is 22.1 Å². The van der Waals surface area contributed by atoms with Crippen molar-refractivity contribution in [1.29, 1.82) is 0 Å². The number of alkyl halides is 3. The molecule has 0 bridgehead atoms. The Bertz CT molecular complexity index is 604. The molecule has 1 aliphatic heterocycles. The van der Waals surface area contributed by atoms with Gasteiger partial charge in [0.1, 0.15) is 18.1 Å². The number of aromatic nitrogens is 2. The van der Waals surface area contributed by atoms with Gasteiger partial charge in [-0.15, -0.1) is 0 Å². The highest BCUT2D eigenvalue weighted by atomic mass is 19.4. The van der Waals surface area contributed by atoms with Crippen molar-refractivity contribution in [2.24, 2.45) is 5.92 Å². The first-order valence-corrected chi connectivity index (χ1v) is 7.08. The summed E-state index contributed by atoms with van der Waals surface area (Å²) in [6.45, 7) is 3.83. The monoisotopic (exact) mass is 331 g/mol. The molecule has 2 amide bonds. The van der Waals surface area contributed by atoms with Gasteiger partial charge in [-0.3, -0.25) is 4.79 Å². The van der Waals surface area contributed by atoms with E-state index >= 15 is 0 Å². The standard InChI is InChI=1S/C14H16F3N3O3/c1-8(2)9-7-23-13(22)20(9)12(21)4-3-11-18-6-5-10(19-11)14(15,16)17/h5-6,8-9H,3-4,7H2,1-2H3/t9-/m0/s1. The quantitative estimate of drug-likeness (QED) is 0.847. The summed E-state index contributed by atoms with van der Waals surface area (Å²) in [5.74, 6) is -0.579. The maximum Gasteiger partial charge on any atom is 0.433 e. The number of imide groups is 1. The van der Waals surface area contributed by atoms with Crippen molar-refractivity contribution in [3.05, 3.63) is 23.8 Å². The third-order valence-electron chi connectivity index (χ3n) is 3.50. The van der Waals surface area contributed by atoms with E-state index < -0.39 is 23.9 Å². The van der Waals surface area contributed by atoms with Crippen LogP contribution in [0.15, 0.2) is 12.3 Å². The molecule has 6 nitrogen and oxygen atoms in total. The van der Waals surface area contributed by atoms with E-state index in [2.05, 4.69) is 9.97 Å². The van der Waals surface area contributed by atoms with Gasteiger partial charge in [0, 0.05) is 19.0 Å². The van der Waals surface area contributed by atoms with Crippen LogP contribution in [0.2, 0.25) is 0 Å². The van der Waals surface area contributed by atoms with E-state index in [9.17, 15) is 22.8 Å². The number of halogens is 3. The number of hydrogen-bond donors (Lipinski definition) is 0. The largest absolute Gasteiger partial charge is 0.447 e. The molecule has 1 fully saturated rings. The lowest BCUT2D eigenvalue weighted by Crippen LogP contribution is -2.41. The molecular formula is C14H16F3N3O3. The fraction of sp³-hybridized carbons (Fsp3) is 0.571. The van der Waals surface area contributed by atoms with E-state index in [1.165, 1.54) is 0 Å².